The number of benzene rings is 2. The second kappa shape index (κ2) is 7.53. The Bertz CT molecular complexity index is 980. The van der Waals surface area contributed by atoms with Crippen LogP contribution in [-0.4, -0.2) is 17.5 Å². The molecular weight excluding hydrogens is 356 g/mol. The third kappa shape index (κ3) is 3.60. The van der Waals surface area contributed by atoms with Crippen LogP contribution >= 0.6 is 11.3 Å². The number of carbonyl (C=O) groups is 1. The summed E-state index contributed by atoms with van der Waals surface area (Å²) in [4.78, 5) is 19.2. The molecule has 27 heavy (non-hydrogen) atoms. The maximum absolute atomic E-state index is 12.6. The van der Waals surface area contributed by atoms with Crippen LogP contribution in [0.1, 0.15) is 29.5 Å². The van der Waals surface area contributed by atoms with Crippen LogP contribution in [0.25, 0.3) is 11.3 Å². The Hall–Kier alpha value is -2.66. The van der Waals surface area contributed by atoms with Gasteiger partial charge in [0.15, 0.2) is 6.61 Å². The van der Waals surface area contributed by atoms with Gasteiger partial charge in [-0.2, -0.15) is 0 Å². The summed E-state index contributed by atoms with van der Waals surface area (Å²) >= 11 is 1.69. The predicted octanol–water partition coefficient (Wildman–Crippen LogP) is 5.00. The molecule has 0 saturated carbocycles. The van der Waals surface area contributed by atoms with Crippen molar-refractivity contribution in [1.82, 2.24) is 4.98 Å². The van der Waals surface area contributed by atoms with E-state index in [-0.39, 0.29) is 12.5 Å². The number of ether oxygens (including phenoxy) is 1. The van der Waals surface area contributed by atoms with Gasteiger partial charge in [-0.25, -0.2) is 4.98 Å². The van der Waals surface area contributed by atoms with Gasteiger partial charge in [0.2, 0.25) is 0 Å². The number of nitrogens with zero attached hydrogens (tertiary/aromatic N) is 2. The van der Waals surface area contributed by atoms with Crippen LogP contribution in [0.15, 0.2) is 47.8 Å². The zero-order valence-corrected chi connectivity index (χ0v) is 16.4. The number of aromatic nitrogens is 1. The largest absolute Gasteiger partial charge is 0.482 e. The van der Waals surface area contributed by atoms with Crippen molar-refractivity contribution in [1.29, 1.82) is 0 Å². The average molecular weight is 378 g/mol. The Morgan fingerprint density at radius 1 is 1.22 bits per heavy atom. The quantitative estimate of drug-likeness (QED) is 0.628. The minimum atomic E-state index is -0.0205. The lowest BCUT2D eigenvalue weighted by Gasteiger charge is -2.30. The van der Waals surface area contributed by atoms with Crippen molar-refractivity contribution in [3.8, 4) is 17.0 Å². The molecule has 0 unspecified atom stereocenters. The lowest BCUT2D eigenvalue weighted by atomic mass is 10.1. The SMILES string of the molecule is CCCc1nc(-c2ccc3c(c2)N(Cc2ccccc2C)C(=O)CO3)cs1. The molecule has 1 aliphatic rings. The van der Waals surface area contributed by atoms with Crippen molar-refractivity contribution in [2.24, 2.45) is 0 Å². The van der Waals surface area contributed by atoms with Gasteiger partial charge < -0.3 is 9.64 Å². The summed E-state index contributed by atoms with van der Waals surface area (Å²) < 4.78 is 5.66. The first-order chi connectivity index (χ1) is 13.2. The van der Waals surface area contributed by atoms with Crippen molar-refractivity contribution in [2.45, 2.75) is 33.2 Å². The van der Waals surface area contributed by atoms with Crippen LogP contribution in [0.5, 0.6) is 5.75 Å². The number of anilines is 1. The number of carbonyl (C=O) groups excluding carboxylic acids is 1. The summed E-state index contributed by atoms with van der Waals surface area (Å²) in [6.07, 6.45) is 2.08. The van der Waals surface area contributed by atoms with E-state index in [0.29, 0.717) is 6.54 Å². The van der Waals surface area contributed by atoms with Crippen molar-refractivity contribution >= 4 is 22.9 Å². The maximum atomic E-state index is 12.6. The Kier molecular flexibility index (Phi) is 4.94. The number of fused-ring (bicyclic) bond motifs is 1. The van der Waals surface area contributed by atoms with Gasteiger partial charge >= 0.3 is 0 Å². The molecule has 5 heteroatoms. The molecule has 138 valence electrons. The predicted molar refractivity (Wildman–Crippen MR) is 109 cm³/mol. The molecule has 3 aromatic rings. The zero-order chi connectivity index (χ0) is 18.8. The topological polar surface area (TPSA) is 42.4 Å². The van der Waals surface area contributed by atoms with Gasteiger partial charge in [-0.1, -0.05) is 31.2 Å². The monoisotopic (exact) mass is 378 g/mol. The number of rotatable bonds is 5. The van der Waals surface area contributed by atoms with E-state index >= 15 is 0 Å². The molecule has 4 rings (SSSR count). The van der Waals surface area contributed by atoms with Crippen LogP contribution in [0.4, 0.5) is 5.69 Å². The van der Waals surface area contributed by atoms with E-state index in [1.165, 1.54) is 5.56 Å². The molecule has 0 radical (unpaired) electrons. The number of amides is 1. The zero-order valence-electron chi connectivity index (χ0n) is 15.6. The van der Waals surface area contributed by atoms with Crippen LogP contribution in [0, 0.1) is 6.92 Å². The van der Waals surface area contributed by atoms with Crippen molar-refractivity contribution in [3.05, 3.63) is 64.0 Å². The van der Waals surface area contributed by atoms with Gasteiger partial charge in [0, 0.05) is 10.9 Å². The van der Waals surface area contributed by atoms with E-state index in [4.69, 9.17) is 9.72 Å². The van der Waals surface area contributed by atoms with E-state index < -0.39 is 0 Å². The summed E-state index contributed by atoms with van der Waals surface area (Å²) in [6, 6.07) is 14.2. The van der Waals surface area contributed by atoms with Crippen LogP contribution in [0.2, 0.25) is 0 Å². The first kappa shape index (κ1) is 17.7. The normalized spacial score (nSPS) is 13.4. The Labute approximate surface area is 163 Å². The van der Waals surface area contributed by atoms with Crippen LogP contribution in [-0.2, 0) is 17.8 Å². The molecule has 1 aliphatic heterocycles. The molecule has 0 N–H and O–H groups in total. The molecule has 2 heterocycles. The number of hydrogen-bond donors (Lipinski definition) is 0. The molecule has 0 spiro atoms. The first-order valence-electron chi connectivity index (χ1n) is 9.22. The fourth-order valence-corrected chi connectivity index (χ4v) is 4.17. The van der Waals surface area contributed by atoms with Gasteiger partial charge in [0.05, 0.1) is 22.9 Å². The Morgan fingerprint density at radius 3 is 2.89 bits per heavy atom. The van der Waals surface area contributed by atoms with Gasteiger partial charge in [-0.15, -0.1) is 11.3 Å². The minimum Gasteiger partial charge on any atom is -0.482 e. The van der Waals surface area contributed by atoms with E-state index in [0.717, 1.165) is 46.1 Å². The fraction of sp³-hybridized carbons (Fsp3) is 0.273. The second-order valence-electron chi connectivity index (χ2n) is 6.75. The minimum absolute atomic E-state index is 0.0205. The molecule has 0 fully saturated rings. The smallest absolute Gasteiger partial charge is 0.265 e. The first-order valence-corrected chi connectivity index (χ1v) is 10.1. The van der Waals surface area contributed by atoms with E-state index in [9.17, 15) is 4.79 Å². The molecule has 0 saturated heterocycles. The van der Waals surface area contributed by atoms with Crippen LogP contribution < -0.4 is 9.64 Å². The van der Waals surface area contributed by atoms with Crippen molar-refractivity contribution in [2.75, 3.05) is 11.5 Å². The molecule has 0 atom stereocenters. The van der Waals surface area contributed by atoms with E-state index in [2.05, 4.69) is 31.4 Å². The summed E-state index contributed by atoms with van der Waals surface area (Å²) in [6.45, 7) is 4.85. The van der Waals surface area contributed by atoms with Gasteiger partial charge in [0.1, 0.15) is 5.75 Å². The number of hydrogen-bond acceptors (Lipinski definition) is 4. The molecule has 0 aliphatic carbocycles. The Balaban J connectivity index is 1.69. The molecule has 0 bridgehead atoms. The molecule has 1 amide bonds. The van der Waals surface area contributed by atoms with E-state index in [1.807, 2.05) is 35.2 Å². The van der Waals surface area contributed by atoms with Crippen molar-refractivity contribution in [3.63, 3.8) is 0 Å². The fourth-order valence-electron chi connectivity index (χ4n) is 3.26. The van der Waals surface area contributed by atoms with Gasteiger partial charge in [-0.3, -0.25) is 4.79 Å². The maximum Gasteiger partial charge on any atom is 0.265 e. The Morgan fingerprint density at radius 2 is 2.07 bits per heavy atom. The van der Waals surface area contributed by atoms with Crippen molar-refractivity contribution < 1.29 is 9.53 Å². The standard InChI is InChI=1S/C22H22N2O2S/c1-3-6-21-23-18(14-27-21)16-9-10-20-19(11-16)24(22(25)13-26-20)12-17-8-5-4-7-15(17)2/h4-5,7-11,14H,3,6,12-13H2,1-2H3. The average Bonchev–Trinajstić information content (AvgIpc) is 3.14. The molecule has 2 aromatic carbocycles. The molecular formula is C22H22N2O2S. The molecule has 4 nitrogen and oxygen atoms in total. The van der Waals surface area contributed by atoms with Crippen LogP contribution in [0.3, 0.4) is 0 Å². The lowest BCUT2D eigenvalue weighted by molar-refractivity contribution is -0.121. The summed E-state index contributed by atoms with van der Waals surface area (Å²) in [5.74, 6) is 0.726. The summed E-state index contributed by atoms with van der Waals surface area (Å²) in [5, 5.41) is 3.23. The lowest BCUT2D eigenvalue weighted by Crippen LogP contribution is -2.38. The number of thiazole rings is 1. The second-order valence-corrected chi connectivity index (χ2v) is 7.70. The summed E-state index contributed by atoms with van der Waals surface area (Å²) in [5.41, 5.74) is 5.11. The molecule has 1 aromatic heterocycles. The summed E-state index contributed by atoms with van der Waals surface area (Å²) in [7, 11) is 0. The van der Waals surface area contributed by atoms with Gasteiger partial charge in [0.25, 0.3) is 5.91 Å². The highest BCUT2D eigenvalue weighted by atomic mass is 32.1. The number of aryl methyl sites for hydroxylation is 2. The highest BCUT2D eigenvalue weighted by molar-refractivity contribution is 7.09. The highest BCUT2D eigenvalue weighted by Crippen LogP contribution is 2.37. The van der Waals surface area contributed by atoms with Gasteiger partial charge in [-0.05, 0) is 49.1 Å². The van der Waals surface area contributed by atoms with E-state index in [1.54, 1.807) is 11.3 Å². The third-order valence-corrected chi connectivity index (χ3v) is 5.71. The third-order valence-electron chi connectivity index (χ3n) is 4.80. The highest BCUT2D eigenvalue weighted by Gasteiger charge is 2.26.